The second kappa shape index (κ2) is 16.1. The molecule has 0 radical (unpaired) electrons. The normalized spacial score (nSPS) is 23.0. The van der Waals surface area contributed by atoms with Crippen molar-refractivity contribution in [1.29, 1.82) is 0 Å². The smallest absolute Gasteiger partial charge is 0.342 e. The van der Waals surface area contributed by atoms with Gasteiger partial charge in [-0.2, -0.15) is 0 Å². The molecule has 1 aliphatic heterocycles. The number of hydrogen-bond donors (Lipinski definition) is 4. The van der Waals surface area contributed by atoms with Crippen LogP contribution in [-0.2, 0) is 32.9 Å². The fourth-order valence-corrected chi connectivity index (χ4v) is 7.22. The predicted molar refractivity (Wildman–Crippen MR) is 175 cm³/mol. The number of nitrogens with zero attached hydrogens (tertiary/aromatic N) is 5. The Bertz CT molecular complexity index is 1380. The van der Waals surface area contributed by atoms with Crippen LogP contribution in [0.1, 0.15) is 73.4 Å². The van der Waals surface area contributed by atoms with Crippen LogP contribution in [-0.4, -0.2) is 105 Å². The van der Waals surface area contributed by atoms with Crippen LogP contribution in [0.3, 0.4) is 0 Å². The molecular weight excluding hydrogens is 633 g/mol. The highest BCUT2D eigenvalue weighted by atomic mass is 31.2. The van der Waals surface area contributed by atoms with E-state index in [0.29, 0.717) is 22.8 Å². The summed E-state index contributed by atoms with van der Waals surface area (Å²) < 4.78 is 38.6. The molecule has 1 saturated heterocycles. The van der Waals surface area contributed by atoms with Crippen molar-refractivity contribution in [3.63, 3.8) is 0 Å². The van der Waals surface area contributed by atoms with Gasteiger partial charge in [-0.15, -0.1) is 0 Å². The number of esters is 2. The standard InChI is InChI=1S/C30H52N7O9P/c1-11-43-27(39)20(13-17(3)4)34-47(42,35-21(14-18(5)6)28(40)44-12-2)45-15-22-24(38)30(8,41)29(46-22)37-16-31-23-25(36(9)10)32-19(7)33-26(23)37/h16-18,20-22,24,29,38,41H,11-15H2,1-10H3,(H2,34,35,42)/t20-,21-,22+,24-,29+,30?/m0/s1. The van der Waals surface area contributed by atoms with Gasteiger partial charge in [-0.3, -0.25) is 18.7 Å². The number of imidazole rings is 1. The average molecular weight is 686 g/mol. The Morgan fingerprint density at radius 2 is 1.60 bits per heavy atom. The minimum absolute atomic E-state index is 0.00294. The molecule has 2 aromatic heterocycles. The molecule has 6 atom stereocenters. The maximum absolute atomic E-state index is 14.6. The Morgan fingerprint density at radius 3 is 2.06 bits per heavy atom. The molecule has 1 unspecified atom stereocenters. The summed E-state index contributed by atoms with van der Waals surface area (Å²) >= 11 is 0. The Labute approximate surface area is 276 Å². The summed E-state index contributed by atoms with van der Waals surface area (Å²) in [5.41, 5.74) is -1.01. The maximum Gasteiger partial charge on any atom is 0.342 e. The fraction of sp³-hybridized carbons (Fsp3) is 0.767. The quantitative estimate of drug-likeness (QED) is 0.140. The fourth-order valence-electron chi connectivity index (χ4n) is 5.40. The zero-order chi connectivity index (χ0) is 35.3. The maximum atomic E-state index is 14.6. The molecule has 0 bridgehead atoms. The predicted octanol–water partition coefficient (Wildman–Crippen LogP) is 2.47. The van der Waals surface area contributed by atoms with Crippen LogP contribution >= 0.6 is 7.67 Å². The van der Waals surface area contributed by atoms with E-state index in [4.69, 9.17) is 18.7 Å². The molecule has 17 heteroatoms. The van der Waals surface area contributed by atoms with E-state index < -0.39 is 62.3 Å². The third-order valence-electron chi connectivity index (χ3n) is 7.57. The zero-order valence-corrected chi connectivity index (χ0v) is 30.0. The molecule has 3 heterocycles. The Morgan fingerprint density at radius 1 is 1.06 bits per heavy atom. The molecule has 1 fully saturated rings. The number of hydrogen-bond acceptors (Lipinski definition) is 13. The SMILES string of the molecule is CCOC(=O)[C@H](CC(C)C)NP(=O)(N[C@@H](CC(C)C)C(=O)OCC)OC[C@H]1O[C@@H](n2cnc3c(N(C)C)nc(C)nc32)C(C)(O)[C@H]1O. The highest BCUT2D eigenvalue weighted by Crippen LogP contribution is 2.45. The van der Waals surface area contributed by atoms with Gasteiger partial charge in [-0.1, -0.05) is 27.7 Å². The van der Waals surface area contributed by atoms with Gasteiger partial charge >= 0.3 is 19.6 Å². The van der Waals surface area contributed by atoms with E-state index in [1.54, 1.807) is 25.7 Å². The van der Waals surface area contributed by atoms with Gasteiger partial charge in [0.25, 0.3) is 0 Å². The third-order valence-corrected chi connectivity index (χ3v) is 9.39. The zero-order valence-electron chi connectivity index (χ0n) is 29.1. The molecule has 0 spiro atoms. The van der Waals surface area contributed by atoms with E-state index in [-0.39, 0.29) is 37.9 Å². The van der Waals surface area contributed by atoms with Gasteiger partial charge in [0.15, 0.2) is 23.2 Å². The summed E-state index contributed by atoms with van der Waals surface area (Å²) in [6.07, 6.45) is -1.92. The molecule has 16 nitrogen and oxygen atoms in total. The van der Waals surface area contributed by atoms with E-state index in [2.05, 4.69) is 25.1 Å². The van der Waals surface area contributed by atoms with Crippen molar-refractivity contribution in [3.8, 4) is 0 Å². The first kappa shape index (κ1) is 38.7. The summed E-state index contributed by atoms with van der Waals surface area (Å²) in [5.74, 6) is -0.229. The van der Waals surface area contributed by atoms with Crippen molar-refractivity contribution < 1.29 is 43.1 Å². The molecule has 0 aromatic carbocycles. The molecule has 0 amide bonds. The van der Waals surface area contributed by atoms with Crippen molar-refractivity contribution in [2.45, 2.75) is 104 Å². The lowest BCUT2D eigenvalue weighted by Crippen LogP contribution is -2.47. The topological polar surface area (TPSA) is 199 Å². The lowest BCUT2D eigenvalue weighted by molar-refractivity contribution is -0.146. The second-order valence-corrected chi connectivity index (χ2v) is 14.9. The first-order chi connectivity index (χ1) is 21.9. The molecule has 3 rings (SSSR count). The molecule has 2 aromatic rings. The molecular formula is C30H52N7O9P. The van der Waals surface area contributed by atoms with Gasteiger partial charge in [0.2, 0.25) is 0 Å². The number of ether oxygens (including phenoxy) is 3. The minimum Gasteiger partial charge on any atom is -0.465 e. The van der Waals surface area contributed by atoms with E-state index in [0.717, 1.165) is 0 Å². The van der Waals surface area contributed by atoms with Gasteiger partial charge in [0.05, 0.1) is 26.1 Å². The Kier molecular flexibility index (Phi) is 13.3. The molecule has 1 aliphatic rings. The largest absolute Gasteiger partial charge is 0.465 e. The van der Waals surface area contributed by atoms with Crippen LogP contribution in [0.5, 0.6) is 0 Å². The van der Waals surface area contributed by atoms with Crippen LogP contribution < -0.4 is 15.1 Å². The number of aliphatic hydroxyl groups excluding tert-OH is 1. The number of rotatable bonds is 17. The van der Waals surface area contributed by atoms with Crippen molar-refractivity contribution in [2.24, 2.45) is 11.8 Å². The average Bonchev–Trinajstić information content (AvgIpc) is 3.47. The minimum atomic E-state index is -4.28. The molecule has 47 heavy (non-hydrogen) atoms. The summed E-state index contributed by atoms with van der Waals surface area (Å²) in [7, 11) is -0.641. The lowest BCUT2D eigenvalue weighted by Gasteiger charge is -2.30. The summed E-state index contributed by atoms with van der Waals surface area (Å²) in [6.45, 7) is 13.8. The van der Waals surface area contributed by atoms with Crippen molar-refractivity contribution in [2.75, 3.05) is 38.8 Å². The molecule has 4 N–H and O–H groups in total. The van der Waals surface area contributed by atoms with Gasteiger partial charge < -0.3 is 33.8 Å². The van der Waals surface area contributed by atoms with E-state index in [1.807, 2.05) is 41.8 Å². The number of aryl methyl sites for hydroxylation is 1. The first-order valence-corrected chi connectivity index (χ1v) is 17.6. The Hall–Kier alpha value is -2.72. The number of carbonyl (C=O) groups is 2. The number of anilines is 1. The van der Waals surface area contributed by atoms with E-state index in [1.165, 1.54) is 17.8 Å². The van der Waals surface area contributed by atoms with Crippen LogP contribution in [0.15, 0.2) is 6.33 Å². The number of fused-ring (bicyclic) bond motifs is 1. The number of aromatic nitrogens is 4. The summed E-state index contributed by atoms with van der Waals surface area (Å²) in [5, 5.41) is 28.4. The van der Waals surface area contributed by atoms with Gasteiger partial charge in [0.1, 0.15) is 35.7 Å². The van der Waals surface area contributed by atoms with E-state index in [9.17, 15) is 24.4 Å². The molecule has 266 valence electrons. The van der Waals surface area contributed by atoms with Crippen LogP contribution in [0.25, 0.3) is 11.2 Å². The Balaban J connectivity index is 1.95. The van der Waals surface area contributed by atoms with Crippen LogP contribution in [0.4, 0.5) is 5.82 Å². The van der Waals surface area contributed by atoms with Crippen molar-refractivity contribution >= 4 is 36.6 Å². The van der Waals surface area contributed by atoms with Gasteiger partial charge in [-0.05, 0) is 52.4 Å². The molecule has 0 saturated carbocycles. The lowest BCUT2D eigenvalue weighted by atomic mass is 9.96. The van der Waals surface area contributed by atoms with Gasteiger partial charge in [0, 0.05) is 14.1 Å². The number of aliphatic hydroxyl groups is 2. The number of nitrogens with one attached hydrogen (secondary N) is 2. The second-order valence-electron chi connectivity index (χ2n) is 13.0. The van der Waals surface area contributed by atoms with Crippen molar-refractivity contribution in [3.05, 3.63) is 12.2 Å². The first-order valence-electron chi connectivity index (χ1n) is 16.0. The summed E-state index contributed by atoms with van der Waals surface area (Å²) in [6, 6.07) is -2.10. The third kappa shape index (κ3) is 9.46. The van der Waals surface area contributed by atoms with Crippen LogP contribution in [0.2, 0.25) is 0 Å². The molecule has 0 aliphatic carbocycles. The van der Waals surface area contributed by atoms with Gasteiger partial charge in [-0.25, -0.2) is 25.1 Å². The van der Waals surface area contributed by atoms with E-state index >= 15 is 0 Å². The highest BCUT2D eigenvalue weighted by Gasteiger charge is 2.54. The summed E-state index contributed by atoms with van der Waals surface area (Å²) in [4.78, 5) is 41.0. The van der Waals surface area contributed by atoms with Crippen molar-refractivity contribution in [1.82, 2.24) is 29.7 Å². The van der Waals surface area contributed by atoms with Crippen LogP contribution in [0, 0.1) is 18.8 Å². The monoisotopic (exact) mass is 685 g/mol. The highest BCUT2D eigenvalue weighted by molar-refractivity contribution is 7.54. The number of carbonyl (C=O) groups excluding carboxylic acids is 2.